The van der Waals surface area contributed by atoms with Gasteiger partial charge >= 0.3 is 0 Å². The van der Waals surface area contributed by atoms with Crippen LogP contribution in [0, 0.1) is 5.41 Å². The SMILES string of the molecule is C[C@H](O)[C@H]1O[C@@H](c2ccccc2)C1(C)C. The summed E-state index contributed by atoms with van der Waals surface area (Å²) in [5.74, 6) is 0. The zero-order valence-corrected chi connectivity index (χ0v) is 9.47. The van der Waals surface area contributed by atoms with Crippen molar-refractivity contribution in [2.45, 2.75) is 39.1 Å². The first kappa shape index (κ1) is 10.7. The van der Waals surface area contributed by atoms with Crippen molar-refractivity contribution in [3.05, 3.63) is 35.9 Å². The molecule has 2 nitrogen and oxygen atoms in total. The zero-order valence-electron chi connectivity index (χ0n) is 9.47. The molecule has 1 aliphatic heterocycles. The normalized spacial score (nSPS) is 30.7. The Morgan fingerprint density at radius 3 is 2.33 bits per heavy atom. The minimum atomic E-state index is -0.403. The molecule has 0 aromatic heterocycles. The molecule has 0 radical (unpaired) electrons. The Morgan fingerprint density at radius 1 is 1.27 bits per heavy atom. The minimum Gasteiger partial charge on any atom is -0.391 e. The Labute approximate surface area is 90.9 Å². The summed E-state index contributed by atoms with van der Waals surface area (Å²) in [5.41, 5.74) is 1.20. The van der Waals surface area contributed by atoms with Gasteiger partial charge in [0.25, 0.3) is 0 Å². The summed E-state index contributed by atoms with van der Waals surface area (Å²) in [7, 11) is 0. The summed E-state index contributed by atoms with van der Waals surface area (Å²) in [4.78, 5) is 0. The van der Waals surface area contributed by atoms with Crippen molar-refractivity contribution < 1.29 is 9.84 Å². The molecule has 82 valence electrons. The van der Waals surface area contributed by atoms with Gasteiger partial charge in [-0.1, -0.05) is 44.2 Å². The van der Waals surface area contributed by atoms with Gasteiger partial charge in [0.05, 0.1) is 18.3 Å². The van der Waals surface area contributed by atoms with Gasteiger partial charge in [-0.25, -0.2) is 0 Å². The summed E-state index contributed by atoms with van der Waals surface area (Å²) in [6, 6.07) is 10.2. The molecule has 0 saturated carbocycles. The van der Waals surface area contributed by atoms with Crippen LogP contribution in [0.25, 0.3) is 0 Å². The van der Waals surface area contributed by atoms with Crippen molar-refractivity contribution in [3.8, 4) is 0 Å². The number of ether oxygens (including phenoxy) is 1. The van der Waals surface area contributed by atoms with E-state index >= 15 is 0 Å². The fraction of sp³-hybridized carbons (Fsp3) is 0.538. The number of rotatable bonds is 2. The van der Waals surface area contributed by atoms with Crippen LogP contribution in [0.5, 0.6) is 0 Å². The van der Waals surface area contributed by atoms with Crippen LogP contribution in [0.2, 0.25) is 0 Å². The standard InChI is InChI=1S/C13H18O2/c1-9(14)11-13(2,3)12(15-11)10-7-5-4-6-8-10/h4-9,11-12,14H,1-3H3/t9-,11+,12-/m0/s1. The molecule has 0 spiro atoms. The molecule has 2 heteroatoms. The van der Waals surface area contributed by atoms with Gasteiger partial charge in [0.2, 0.25) is 0 Å². The fourth-order valence-corrected chi connectivity index (χ4v) is 2.45. The molecule has 0 aliphatic carbocycles. The van der Waals surface area contributed by atoms with E-state index in [4.69, 9.17) is 4.74 Å². The van der Waals surface area contributed by atoms with E-state index in [-0.39, 0.29) is 17.6 Å². The molecule has 0 amide bonds. The Hall–Kier alpha value is -0.860. The first-order valence-electron chi connectivity index (χ1n) is 5.42. The van der Waals surface area contributed by atoms with E-state index in [1.54, 1.807) is 6.92 Å². The maximum atomic E-state index is 9.55. The third kappa shape index (κ3) is 1.68. The number of benzene rings is 1. The highest BCUT2D eigenvalue weighted by atomic mass is 16.5. The van der Waals surface area contributed by atoms with E-state index in [0.29, 0.717) is 0 Å². The smallest absolute Gasteiger partial charge is 0.0918 e. The molecule has 1 fully saturated rings. The van der Waals surface area contributed by atoms with Crippen LogP contribution in [-0.2, 0) is 4.74 Å². The Bertz CT molecular complexity index is 330. The number of hydrogen-bond donors (Lipinski definition) is 1. The second-order valence-corrected chi connectivity index (χ2v) is 4.91. The van der Waals surface area contributed by atoms with Crippen LogP contribution in [0.15, 0.2) is 30.3 Å². The predicted molar refractivity (Wildman–Crippen MR) is 59.5 cm³/mol. The fourth-order valence-electron chi connectivity index (χ4n) is 2.45. The van der Waals surface area contributed by atoms with Gasteiger partial charge in [0.15, 0.2) is 0 Å². The number of aliphatic hydroxyl groups excluding tert-OH is 1. The summed E-state index contributed by atoms with van der Waals surface area (Å²) < 4.78 is 5.75. The monoisotopic (exact) mass is 206 g/mol. The van der Waals surface area contributed by atoms with E-state index < -0.39 is 6.10 Å². The molecule has 0 unspecified atom stereocenters. The van der Waals surface area contributed by atoms with Gasteiger partial charge in [-0.3, -0.25) is 0 Å². The quantitative estimate of drug-likeness (QED) is 0.805. The van der Waals surface area contributed by atoms with Crippen molar-refractivity contribution in [2.24, 2.45) is 5.41 Å². The first-order valence-corrected chi connectivity index (χ1v) is 5.42. The van der Waals surface area contributed by atoms with Crippen molar-refractivity contribution in [3.63, 3.8) is 0 Å². The molecule has 1 N–H and O–H groups in total. The van der Waals surface area contributed by atoms with E-state index in [0.717, 1.165) is 0 Å². The average molecular weight is 206 g/mol. The minimum absolute atomic E-state index is 0.00944. The van der Waals surface area contributed by atoms with Gasteiger partial charge in [0, 0.05) is 5.41 Å². The summed E-state index contributed by atoms with van der Waals surface area (Å²) >= 11 is 0. The van der Waals surface area contributed by atoms with Crippen molar-refractivity contribution in [2.75, 3.05) is 0 Å². The van der Waals surface area contributed by atoms with Gasteiger partial charge in [0.1, 0.15) is 0 Å². The molecule has 1 aliphatic rings. The molecule has 0 bridgehead atoms. The maximum absolute atomic E-state index is 9.55. The summed E-state index contributed by atoms with van der Waals surface area (Å²) in [5, 5.41) is 9.55. The van der Waals surface area contributed by atoms with Crippen molar-refractivity contribution >= 4 is 0 Å². The van der Waals surface area contributed by atoms with Crippen LogP contribution >= 0.6 is 0 Å². The second-order valence-electron chi connectivity index (χ2n) is 4.91. The summed E-state index contributed by atoms with van der Waals surface area (Å²) in [6.45, 7) is 6.07. The topological polar surface area (TPSA) is 29.5 Å². The maximum Gasteiger partial charge on any atom is 0.0918 e. The average Bonchev–Trinajstić information content (AvgIpc) is 2.17. The molecule has 3 atom stereocenters. The first-order chi connectivity index (χ1) is 7.03. The van der Waals surface area contributed by atoms with Crippen molar-refractivity contribution in [1.29, 1.82) is 0 Å². The summed E-state index contributed by atoms with van der Waals surface area (Å²) in [6.07, 6.45) is -0.346. The van der Waals surface area contributed by atoms with Gasteiger partial charge in [-0.15, -0.1) is 0 Å². The highest BCUT2D eigenvalue weighted by Gasteiger charge is 2.52. The third-order valence-corrected chi connectivity index (χ3v) is 3.23. The lowest BCUT2D eigenvalue weighted by atomic mass is 9.71. The molecule has 1 aromatic carbocycles. The van der Waals surface area contributed by atoms with Gasteiger partial charge in [-0.05, 0) is 12.5 Å². The van der Waals surface area contributed by atoms with Crippen LogP contribution in [0.3, 0.4) is 0 Å². The molecule has 15 heavy (non-hydrogen) atoms. The third-order valence-electron chi connectivity index (χ3n) is 3.23. The van der Waals surface area contributed by atoms with E-state index in [2.05, 4.69) is 26.0 Å². The Morgan fingerprint density at radius 2 is 1.87 bits per heavy atom. The number of hydrogen-bond acceptors (Lipinski definition) is 2. The van der Waals surface area contributed by atoms with Crippen LogP contribution in [0.1, 0.15) is 32.4 Å². The van der Waals surface area contributed by atoms with Crippen LogP contribution in [0.4, 0.5) is 0 Å². The molecule has 1 heterocycles. The van der Waals surface area contributed by atoms with Crippen LogP contribution < -0.4 is 0 Å². The van der Waals surface area contributed by atoms with E-state index in [1.165, 1.54) is 5.56 Å². The molecule has 1 saturated heterocycles. The molecular formula is C13H18O2. The Kier molecular flexibility index (Phi) is 2.57. The highest BCUT2D eigenvalue weighted by molar-refractivity contribution is 5.23. The van der Waals surface area contributed by atoms with Crippen LogP contribution in [-0.4, -0.2) is 17.3 Å². The van der Waals surface area contributed by atoms with Gasteiger partial charge < -0.3 is 9.84 Å². The molecule has 2 rings (SSSR count). The predicted octanol–water partition coefficient (Wildman–Crippen LogP) is 2.53. The Balaban J connectivity index is 2.17. The second kappa shape index (κ2) is 3.62. The molecular weight excluding hydrogens is 188 g/mol. The lowest BCUT2D eigenvalue weighted by Crippen LogP contribution is -2.55. The van der Waals surface area contributed by atoms with Gasteiger partial charge in [-0.2, -0.15) is 0 Å². The zero-order chi connectivity index (χ0) is 11.1. The lowest BCUT2D eigenvalue weighted by molar-refractivity contribution is -0.268. The lowest BCUT2D eigenvalue weighted by Gasteiger charge is -2.53. The van der Waals surface area contributed by atoms with E-state index in [1.807, 2.05) is 18.2 Å². The molecule has 1 aromatic rings. The number of aliphatic hydroxyl groups is 1. The largest absolute Gasteiger partial charge is 0.391 e. The highest BCUT2D eigenvalue weighted by Crippen LogP contribution is 2.52. The van der Waals surface area contributed by atoms with E-state index in [9.17, 15) is 5.11 Å². The van der Waals surface area contributed by atoms with Crippen molar-refractivity contribution in [1.82, 2.24) is 0 Å².